The lowest BCUT2D eigenvalue weighted by Gasteiger charge is -2.41. The van der Waals surface area contributed by atoms with Crippen molar-refractivity contribution in [1.82, 2.24) is 9.80 Å². The Morgan fingerprint density at radius 2 is 1.80 bits per heavy atom. The quantitative estimate of drug-likeness (QED) is 0.214. The number of amides is 1. The van der Waals surface area contributed by atoms with E-state index in [-0.39, 0.29) is 11.3 Å². The van der Waals surface area contributed by atoms with Crippen LogP contribution in [0.15, 0.2) is 4.99 Å². The Hall–Kier alpha value is -1.77. The van der Waals surface area contributed by atoms with Crippen molar-refractivity contribution < 1.29 is 23.9 Å². The van der Waals surface area contributed by atoms with Crippen molar-refractivity contribution in [1.29, 1.82) is 0 Å². The minimum absolute atomic E-state index is 0.155. The standard InChI is InChI=1S/C21H33N3O5S/c1-20(2,3)19(27)29-13-28-18(26)15-21(4,5)30-17-14(16(25)24(15)17)22-12-23-10-8-6-7-9-11-23/h12,14-15,17H,6-11,13H2,1-5H3/t14-,15-,17-/m0/s1. The molecule has 0 aromatic heterocycles. The number of likely N-dealkylation sites (tertiary alicyclic amines) is 1. The van der Waals surface area contributed by atoms with Crippen molar-refractivity contribution in [3.8, 4) is 0 Å². The molecule has 3 rings (SSSR count). The number of hydrogen-bond donors (Lipinski definition) is 0. The topological polar surface area (TPSA) is 88.5 Å². The molecular formula is C21H33N3O5S. The van der Waals surface area contributed by atoms with Gasteiger partial charge in [-0.25, -0.2) is 4.79 Å². The van der Waals surface area contributed by atoms with Crippen molar-refractivity contribution in [3.05, 3.63) is 0 Å². The Labute approximate surface area is 182 Å². The van der Waals surface area contributed by atoms with Gasteiger partial charge in [0.2, 0.25) is 6.79 Å². The molecule has 3 fully saturated rings. The lowest BCUT2D eigenvalue weighted by atomic mass is 9.96. The number of carbonyl (C=O) groups is 3. The number of nitrogens with zero attached hydrogens (tertiary/aromatic N) is 3. The molecule has 0 spiro atoms. The second-order valence-electron chi connectivity index (χ2n) is 9.68. The van der Waals surface area contributed by atoms with E-state index < -0.39 is 41.0 Å². The third kappa shape index (κ3) is 4.76. The van der Waals surface area contributed by atoms with Crippen LogP contribution >= 0.6 is 11.8 Å². The highest BCUT2D eigenvalue weighted by atomic mass is 32.2. The van der Waals surface area contributed by atoms with E-state index in [0.29, 0.717) is 0 Å². The average Bonchev–Trinajstić information content (AvgIpc) is 2.80. The van der Waals surface area contributed by atoms with Crippen LogP contribution in [0.25, 0.3) is 0 Å². The summed E-state index contributed by atoms with van der Waals surface area (Å²) in [5, 5.41) is -0.176. The summed E-state index contributed by atoms with van der Waals surface area (Å²) in [5.74, 6) is -1.16. The van der Waals surface area contributed by atoms with Gasteiger partial charge in [0, 0.05) is 17.8 Å². The number of fused-ring (bicyclic) bond motifs is 1. The second-order valence-corrected chi connectivity index (χ2v) is 11.5. The average molecular weight is 440 g/mol. The van der Waals surface area contributed by atoms with Crippen LogP contribution in [0.1, 0.15) is 60.3 Å². The minimum Gasteiger partial charge on any atom is -0.427 e. The number of carbonyl (C=O) groups excluding carboxylic acids is 3. The molecule has 0 N–H and O–H groups in total. The molecule has 0 aromatic carbocycles. The SMILES string of the molecule is CC(C)(C)C(=O)OCOC(=O)[C@@H]1N2C(=O)[C@H](N=CN3CCCCCC3)[C@@H]2SC1(C)C. The maximum Gasteiger partial charge on any atom is 0.333 e. The summed E-state index contributed by atoms with van der Waals surface area (Å²) >= 11 is 1.56. The lowest BCUT2D eigenvalue weighted by Crippen LogP contribution is -2.65. The molecule has 8 nitrogen and oxygen atoms in total. The highest BCUT2D eigenvalue weighted by Crippen LogP contribution is 2.51. The van der Waals surface area contributed by atoms with Crippen LogP contribution in [-0.2, 0) is 23.9 Å². The van der Waals surface area contributed by atoms with Crippen molar-refractivity contribution in [2.75, 3.05) is 19.9 Å². The molecule has 9 heteroatoms. The third-order valence-electron chi connectivity index (χ3n) is 5.67. The van der Waals surface area contributed by atoms with Gasteiger partial charge in [0.05, 0.1) is 11.8 Å². The van der Waals surface area contributed by atoms with E-state index in [9.17, 15) is 14.4 Å². The molecule has 3 aliphatic rings. The van der Waals surface area contributed by atoms with Crippen molar-refractivity contribution >= 4 is 35.9 Å². The maximum atomic E-state index is 12.8. The first-order valence-corrected chi connectivity index (χ1v) is 11.5. The molecule has 0 bridgehead atoms. The maximum absolute atomic E-state index is 12.8. The third-order valence-corrected chi connectivity index (χ3v) is 7.23. The minimum atomic E-state index is -0.724. The van der Waals surface area contributed by atoms with E-state index in [1.54, 1.807) is 37.4 Å². The van der Waals surface area contributed by atoms with E-state index in [4.69, 9.17) is 9.47 Å². The van der Waals surface area contributed by atoms with Gasteiger partial charge in [-0.2, -0.15) is 0 Å². The fourth-order valence-electron chi connectivity index (χ4n) is 3.92. The fourth-order valence-corrected chi connectivity index (χ4v) is 5.54. The number of esters is 2. The molecule has 3 atom stereocenters. The Balaban J connectivity index is 1.58. The van der Waals surface area contributed by atoms with Gasteiger partial charge in [0.15, 0.2) is 6.04 Å². The normalized spacial score (nSPS) is 28.7. The number of thioether (sulfide) groups is 1. The molecule has 0 radical (unpaired) electrons. The molecule has 3 saturated heterocycles. The first-order valence-electron chi connectivity index (χ1n) is 10.6. The summed E-state index contributed by atoms with van der Waals surface area (Å²) in [4.78, 5) is 45.7. The van der Waals surface area contributed by atoms with Gasteiger partial charge in [-0.1, -0.05) is 12.8 Å². The summed E-state index contributed by atoms with van der Waals surface area (Å²) in [6.45, 7) is 10.5. The zero-order valence-electron chi connectivity index (χ0n) is 18.6. The first kappa shape index (κ1) is 22.9. The molecular weight excluding hydrogens is 406 g/mol. The molecule has 0 saturated carbocycles. The number of β-lactam (4-membered cyclic amide) rings is 1. The largest absolute Gasteiger partial charge is 0.427 e. The molecule has 0 aromatic rings. The fraction of sp³-hybridized carbons (Fsp3) is 0.810. The molecule has 168 valence electrons. The van der Waals surface area contributed by atoms with Gasteiger partial charge in [0.25, 0.3) is 5.91 Å². The van der Waals surface area contributed by atoms with Gasteiger partial charge < -0.3 is 19.3 Å². The van der Waals surface area contributed by atoms with Gasteiger partial charge >= 0.3 is 11.9 Å². The number of ether oxygens (including phenoxy) is 2. The van der Waals surface area contributed by atoms with Crippen molar-refractivity contribution in [2.45, 2.75) is 82.5 Å². The van der Waals surface area contributed by atoms with Crippen LogP contribution in [0, 0.1) is 5.41 Å². The van der Waals surface area contributed by atoms with Crippen LogP contribution < -0.4 is 0 Å². The molecule has 3 heterocycles. The van der Waals surface area contributed by atoms with Crippen LogP contribution in [-0.4, -0.2) is 76.1 Å². The summed E-state index contributed by atoms with van der Waals surface area (Å²) < 4.78 is 9.71. The number of hydrogen-bond acceptors (Lipinski definition) is 7. The molecule has 0 unspecified atom stereocenters. The van der Waals surface area contributed by atoms with Gasteiger partial charge in [-0.15, -0.1) is 11.8 Å². The highest BCUT2D eigenvalue weighted by molar-refractivity contribution is 8.01. The van der Waals surface area contributed by atoms with Crippen LogP contribution in [0.4, 0.5) is 0 Å². The van der Waals surface area contributed by atoms with Gasteiger partial charge in [0.1, 0.15) is 11.4 Å². The predicted molar refractivity (Wildman–Crippen MR) is 115 cm³/mol. The van der Waals surface area contributed by atoms with Crippen LogP contribution in [0.3, 0.4) is 0 Å². The van der Waals surface area contributed by atoms with E-state index >= 15 is 0 Å². The number of aliphatic imine (C=N–C) groups is 1. The summed E-state index contributed by atoms with van der Waals surface area (Å²) in [7, 11) is 0. The summed E-state index contributed by atoms with van der Waals surface area (Å²) in [6, 6.07) is -1.19. The monoisotopic (exact) mass is 439 g/mol. The predicted octanol–water partition coefficient (Wildman–Crippen LogP) is 2.41. The zero-order valence-corrected chi connectivity index (χ0v) is 19.4. The molecule has 3 aliphatic heterocycles. The smallest absolute Gasteiger partial charge is 0.333 e. The molecule has 30 heavy (non-hydrogen) atoms. The Morgan fingerprint density at radius 3 is 2.40 bits per heavy atom. The van der Waals surface area contributed by atoms with Gasteiger partial charge in [-0.3, -0.25) is 14.6 Å². The molecule has 0 aliphatic carbocycles. The summed E-state index contributed by atoms with van der Waals surface area (Å²) in [6.07, 6.45) is 6.59. The lowest BCUT2D eigenvalue weighted by molar-refractivity contribution is -0.179. The van der Waals surface area contributed by atoms with Crippen molar-refractivity contribution in [3.63, 3.8) is 0 Å². The number of rotatable bonds is 5. The van der Waals surface area contributed by atoms with E-state index in [1.807, 2.05) is 20.2 Å². The van der Waals surface area contributed by atoms with Crippen molar-refractivity contribution in [2.24, 2.45) is 10.4 Å². The van der Waals surface area contributed by atoms with Crippen LogP contribution in [0.5, 0.6) is 0 Å². The van der Waals surface area contributed by atoms with Gasteiger partial charge in [-0.05, 0) is 47.5 Å². The van der Waals surface area contributed by atoms with Crippen LogP contribution in [0.2, 0.25) is 0 Å². The summed E-state index contributed by atoms with van der Waals surface area (Å²) in [5.41, 5.74) is -0.675. The Morgan fingerprint density at radius 1 is 1.17 bits per heavy atom. The van der Waals surface area contributed by atoms with E-state index in [0.717, 1.165) is 25.9 Å². The first-order chi connectivity index (χ1) is 14.0. The second kappa shape index (κ2) is 8.77. The Bertz CT molecular complexity index is 710. The highest BCUT2D eigenvalue weighted by Gasteiger charge is 2.64. The Kier molecular flexibility index (Phi) is 6.69. The van der Waals surface area contributed by atoms with E-state index in [1.165, 1.54) is 12.8 Å². The molecule has 1 amide bonds. The zero-order chi connectivity index (χ0) is 22.1. The van der Waals surface area contributed by atoms with E-state index in [2.05, 4.69) is 9.89 Å².